The number of carbonyl (C=O) groups is 2. The number of benzene rings is 4. The third kappa shape index (κ3) is 7.22. The third-order valence-electron chi connectivity index (χ3n) is 20.2. The van der Waals surface area contributed by atoms with Crippen LogP contribution >= 0.6 is 0 Å². The molecular weight excluding hydrogens is 937 g/mol. The minimum atomic E-state index is -0.142. The van der Waals surface area contributed by atoms with Gasteiger partial charge in [0.25, 0.3) is 0 Å². The molecular formula is C68H64N4O4. The predicted octanol–water partition coefficient (Wildman–Crippen LogP) is 11.1. The number of hydrogen-bond acceptors (Lipinski definition) is 4. The highest BCUT2D eigenvalue weighted by Crippen LogP contribution is 2.61. The molecule has 0 saturated heterocycles. The molecule has 4 saturated carbocycles. The van der Waals surface area contributed by atoms with Crippen molar-refractivity contribution in [2.24, 2.45) is 34.5 Å². The second-order valence-electron chi connectivity index (χ2n) is 23.9. The van der Waals surface area contributed by atoms with Crippen LogP contribution in [0.15, 0.2) is 146 Å². The van der Waals surface area contributed by atoms with Crippen molar-refractivity contribution in [3.63, 3.8) is 0 Å². The van der Waals surface area contributed by atoms with E-state index in [1.807, 2.05) is 0 Å². The van der Waals surface area contributed by atoms with E-state index in [0.29, 0.717) is 58.6 Å². The predicted molar refractivity (Wildman–Crippen MR) is 296 cm³/mol. The summed E-state index contributed by atoms with van der Waals surface area (Å²) in [5, 5.41) is 3.59. The molecule has 4 fully saturated rings. The Morgan fingerprint density at radius 1 is 0.421 bits per heavy atom. The first-order chi connectivity index (χ1) is 37.2. The Kier molecular flexibility index (Phi) is 10.5. The van der Waals surface area contributed by atoms with Crippen molar-refractivity contribution < 1.29 is 19.1 Å². The van der Waals surface area contributed by atoms with Crippen LogP contribution in [0.5, 0.6) is 11.5 Å². The number of carbonyl (C=O) groups excluding carboxylic acids is 2. The van der Waals surface area contributed by atoms with E-state index in [1.54, 1.807) is 0 Å². The Balaban J connectivity index is 0.858. The average molecular weight is 1000 g/mol. The molecule has 4 N–H and O–H groups in total. The summed E-state index contributed by atoms with van der Waals surface area (Å²) in [6, 6.07) is 51.9. The standard InChI is InChI=1S/C68H64N4O4/c1-67-35-33-47-45-19-15-43(37-41(45)13-17-49(47)51(67)21-31-61(67)73)75-65-57-27-23-53(69-57)63(39-9-5-3-6-10-39)55-25-29-59(71-55)66(60-30-26-56(72-60)64(40-11-7-4-8-12-40)54-24-28-58(65)70-54)76-44-16-20-46-42(38-44)14-18-50-48(46)34-36-68(2)52(50)22-32-62(68)74/h3-12,15-16,19-20,23-30,37-38,47-52,69-72H,13-14,17-18,21-22,31-36H2,1-2H3/t47-,48-,49-,50-,51+,52+,67+,68+/m1/s1. The Morgan fingerprint density at radius 3 is 1.29 bits per heavy atom. The van der Waals surface area contributed by atoms with Crippen LogP contribution in [-0.4, -0.2) is 31.5 Å². The highest BCUT2D eigenvalue weighted by Gasteiger charge is 2.56. The first kappa shape index (κ1) is 45.8. The molecule has 8 atom stereocenters. The number of H-pyrrole nitrogens is 4. The number of ether oxygens (including phenoxy) is 2. The highest BCUT2D eigenvalue weighted by molar-refractivity contribution is 5.88. The lowest BCUT2D eigenvalue weighted by molar-refractivity contribution is -0.130. The van der Waals surface area contributed by atoms with Gasteiger partial charge in [-0.15, -0.1) is 0 Å². The first-order valence-electron chi connectivity index (χ1n) is 28.2. The average Bonchev–Trinajstić information content (AvgIpc) is 4.43. The van der Waals surface area contributed by atoms with E-state index in [2.05, 4.69) is 179 Å². The molecule has 8 aromatic rings. The maximum absolute atomic E-state index is 13.1. The van der Waals surface area contributed by atoms with Gasteiger partial charge in [-0.3, -0.25) is 9.59 Å². The lowest BCUT2D eigenvalue weighted by atomic mass is 9.55. The molecule has 380 valence electrons. The minimum Gasteiger partial charge on any atom is -0.453 e. The number of aryl methyl sites for hydroxylation is 2. The third-order valence-corrected chi connectivity index (χ3v) is 20.2. The zero-order valence-electron chi connectivity index (χ0n) is 43.4. The lowest BCUT2D eigenvalue weighted by Gasteiger charge is -2.48. The maximum Gasteiger partial charge on any atom is 0.174 e. The largest absolute Gasteiger partial charge is 0.453 e. The molecule has 7 aliphatic rings. The van der Waals surface area contributed by atoms with Crippen LogP contribution in [0.2, 0.25) is 0 Å². The van der Waals surface area contributed by atoms with Gasteiger partial charge in [-0.25, -0.2) is 0 Å². The second kappa shape index (κ2) is 17.5. The number of Topliss-reactive ketones (excluding diaryl/α,β-unsaturated/α-hetero) is 2. The summed E-state index contributed by atoms with van der Waals surface area (Å²) in [5.41, 5.74) is 13.1. The van der Waals surface area contributed by atoms with Crippen molar-refractivity contribution >= 4 is 34.2 Å². The SMILES string of the molecule is C[C@]12CC[C@@H]3c4ccc(OC5=c6ccc([nH]6)=C(c6ccccc6)c6ccc([nH]6)C(Oc6ccc7c(c6)CC[C@@H]6[C@@H]7CC[C@]7(C)C(=O)CC[C@@H]67)=c6ccc([nH]6)=C(c6ccccc6)c6ccc5[nH]6)cc4CC[C@H]3[C@@H]1CCC2=O. The van der Waals surface area contributed by atoms with Crippen LogP contribution in [0.25, 0.3) is 22.7 Å². The number of ketones is 2. The van der Waals surface area contributed by atoms with E-state index >= 15 is 0 Å². The summed E-state index contributed by atoms with van der Waals surface area (Å²) < 4.78 is 14.4. The Morgan fingerprint density at radius 2 is 0.842 bits per heavy atom. The van der Waals surface area contributed by atoms with Crippen molar-refractivity contribution in [1.29, 1.82) is 0 Å². The number of aromatic nitrogens is 4. The van der Waals surface area contributed by atoms with Crippen LogP contribution in [0.3, 0.4) is 0 Å². The summed E-state index contributed by atoms with van der Waals surface area (Å²) in [4.78, 5) is 41.7. The molecule has 6 aliphatic carbocycles. The van der Waals surface area contributed by atoms with Crippen molar-refractivity contribution in [2.75, 3.05) is 0 Å². The van der Waals surface area contributed by atoms with Gasteiger partial charge in [-0.1, -0.05) is 86.6 Å². The monoisotopic (exact) mass is 1000 g/mol. The molecule has 8 nitrogen and oxygen atoms in total. The molecule has 1 aliphatic heterocycles. The van der Waals surface area contributed by atoms with Gasteiger partial charge < -0.3 is 29.4 Å². The van der Waals surface area contributed by atoms with Crippen molar-refractivity contribution in [3.8, 4) is 11.5 Å². The van der Waals surface area contributed by atoms with Crippen molar-refractivity contribution in [2.45, 2.75) is 103 Å². The minimum absolute atomic E-state index is 0.142. The Bertz CT molecular complexity index is 3670. The van der Waals surface area contributed by atoms with Crippen LogP contribution in [0.4, 0.5) is 0 Å². The van der Waals surface area contributed by atoms with Crippen LogP contribution in [-0.2, 0) is 22.4 Å². The fourth-order valence-corrected chi connectivity index (χ4v) is 16.3. The summed E-state index contributed by atoms with van der Waals surface area (Å²) in [6.07, 6.45) is 11.9. The van der Waals surface area contributed by atoms with Gasteiger partial charge in [0.1, 0.15) is 23.1 Å². The molecule has 15 rings (SSSR count). The van der Waals surface area contributed by atoms with E-state index in [1.165, 1.54) is 22.3 Å². The number of rotatable bonds is 6. The van der Waals surface area contributed by atoms with Crippen molar-refractivity contribution in [3.05, 3.63) is 223 Å². The van der Waals surface area contributed by atoms with E-state index in [4.69, 9.17) is 9.47 Å². The van der Waals surface area contributed by atoms with Crippen LogP contribution < -0.4 is 30.9 Å². The van der Waals surface area contributed by atoms with E-state index in [0.717, 1.165) is 155 Å². The molecule has 8 bridgehead atoms. The number of aromatic amines is 4. The summed E-state index contributed by atoms with van der Waals surface area (Å²) in [6.45, 7) is 4.51. The molecule has 4 aromatic heterocycles. The normalized spacial score (nSPS) is 27.3. The van der Waals surface area contributed by atoms with Gasteiger partial charge in [-0.2, -0.15) is 0 Å². The van der Waals surface area contributed by atoms with Gasteiger partial charge in [0.15, 0.2) is 11.5 Å². The quantitative estimate of drug-likeness (QED) is 0.133. The van der Waals surface area contributed by atoms with Crippen molar-refractivity contribution in [1.82, 2.24) is 19.9 Å². The fraction of sp³-hybridized carbons (Fsp3) is 0.324. The first-order valence-corrected chi connectivity index (χ1v) is 28.2. The van der Waals surface area contributed by atoms with Gasteiger partial charge in [0, 0.05) is 56.9 Å². The zero-order chi connectivity index (χ0) is 50.9. The molecule has 5 heterocycles. The van der Waals surface area contributed by atoms with Gasteiger partial charge in [-0.05, 0) is 206 Å². The second-order valence-corrected chi connectivity index (χ2v) is 23.9. The Hall–Kier alpha value is -7.58. The molecule has 76 heavy (non-hydrogen) atoms. The van der Waals surface area contributed by atoms with E-state index < -0.39 is 0 Å². The number of fused-ring (bicyclic) bond motifs is 18. The number of hydrogen-bond donors (Lipinski definition) is 4. The van der Waals surface area contributed by atoms with Gasteiger partial charge >= 0.3 is 0 Å². The van der Waals surface area contributed by atoms with Crippen LogP contribution in [0.1, 0.15) is 146 Å². The number of nitrogens with one attached hydrogen (secondary N) is 4. The summed E-state index contributed by atoms with van der Waals surface area (Å²) in [7, 11) is 0. The molecule has 8 heteroatoms. The molecule has 0 radical (unpaired) electrons. The zero-order valence-corrected chi connectivity index (χ0v) is 43.4. The molecule has 0 spiro atoms. The molecule has 0 amide bonds. The van der Waals surface area contributed by atoms with E-state index in [9.17, 15) is 9.59 Å². The molecule has 4 aromatic carbocycles. The summed E-state index contributed by atoms with van der Waals surface area (Å²) >= 11 is 0. The summed E-state index contributed by atoms with van der Waals surface area (Å²) in [5.74, 6) is 7.09. The Labute approximate surface area is 443 Å². The van der Waals surface area contributed by atoms with E-state index in [-0.39, 0.29) is 10.8 Å². The fourth-order valence-electron chi connectivity index (χ4n) is 16.3. The van der Waals surface area contributed by atoms with Crippen LogP contribution in [0, 0.1) is 34.5 Å². The topological polar surface area (TPSA) is 116 Å². The smallest absolute Gasteiger partial charge is 0.174 e. The molecule has 0 unspecified atom stereocenters. The maximum atomic E-state index is 13.1. The van der Waals surface area contributed by atoms with Gasteiger partial charge in [0.2, 0.25) is 0 Å². The van der Waals surface area contributed by atoms with Gasteiger partial charge in [0.05, 0.1) is 22.1 Å². The highest BCUT2D eigenvalue weighted by atomic mass is 16.5. The lowest BCUT2D eigenvalue weighted by Crippen LogP contribution is -2.42.